The average Bonchev–Trinajstić information content (AvgIpc) is 3.21. The number of hydrogen-bond acceptors (Lipinski definition) is 4. The molecule has 28 heavy (non-hydrogen) atoms. The summed E-state index contributed by atoms with van der Waals surface area (Å²) in [5, 5.41) is 8.55. The molecule has 0 spiro atoms. The van der Waals surface area contributed by atoms with Gasteiger partial charge in [0.25, 0.3) is 0 Å². The van der Waals surface area contributed by atoms with Gasteiger partial charge in [-0.3, -0.25) is 9.48 Å². The normalized spacial score (nSPS) is 11.4. The SMILES string of the molecule is Cc1nn(C)c(Cl)c1/C=C/C(=O)Nc1ccccc1-c1nc2ccccc2s1. The van der Waals surface area contributed by atoms with Crippen LogP contribution in [0.1, 0.15) is 11.3 Å². The van der Waals surface area contributed by atoms with Gasteiger partial charge in [-0.2, -0.15) is 5.10 Å². The van der Waals surface area contributed by atoms with Gasteiger partial charge in [-0.05, 0) is 37.3 Å². The van der Waals surface area contributed by atoms with E-state index in [-0.39, 0.29) is 5.91 Å². The van der Waals surface area contributed by atoms with Gasteiger partial charge in [0.1, 0.15) is 10.2 Å². The molecule has 0 unspecified atom stereocenters. The molecular weight excluding hydrogens is 392 g/mol. The molecule has 7 heteroatoms. The molecule has 0 saturated heterocycles. The van der Waals surface area contributed by atoms with Crippen molar-refractivity contribution in [2.75, 3.05) is 5.32 Å². The van der Waals surface area contributed by atoms with E-state index in [1.165, 1.54) is 6.08 Å². The number of carbonyl (C=O) groups is 1. The van der Waals surface area contributed by atoms with Crippen LogP contribution in [-0.2, 0) is 11.8 Å². The fraction of sp³-hybridized carbons (Fsp3) is 0.0952. The molecule has 0 saturated carbocycles. The minimum Gasteiger partial charge on any atom is -0.322 e. The van der Waals surface area contributed by atoms with Crippen LogP contribution in [0.5, 0.6) is 0 Å². The Bertz CT molecular complexity index is 1180. The summed E-state index contributed by atoms with van der Waals surface area (Å²) >= 11 is 7.81. The Labute approximate surface area is 171 Å². The monoisotopic (exact) mass is 408 g/mol. The van der Waals surface area contributed by atoms with E-state index in [2.05, 4.69) is 10.4 Å². The molecule has 0 aliphatic heterocycles. The summed E-state index contributed by atoms with van der Waals surface area (Å²) in [5.74, 6) is -0.243. The summed E-state index contributed by atoms with van der Waals surface area (Å²) in [5.41, 5.74) is 4.06. The second-order valence-electron chi connectivity index (χ2n) is 6.27. The standard InChI is InChI=1S/C21H17ClN4OS/c1-13-14(20(22)26(2)25-13)11-12-19(27)23-16-8-4-3-7-15(16)21-24-17-9-5-6-10-18(17)28-21/h3-12H,1-2H3,(H,23,27)/b12-11+. The molecule has 0 bridgehead atoms. The van der Waals surface area contributed by atoms with Gasteiger partial charge in [0.15, 0.2) is 0 Å². The highest BCUT2D eigenvalue weighted by Gasteiger charge is 2.12. The number of hydrogen-bond donors (Lipinski definition) is 1. The van der Waals surface area contributed by atoms with Crippen molar-refractivity contribution in [2.45, 2.75) is 6.92 Å². The number of aryl methyl sites for hydroxylation is 2. The summed E-state index contributed by atoms with van der Waals surface area (Å²) in [4.78, 5) is 17.2. The third-order valence-corrected chi connectivity index (χ3v) is 5.82. The van der Waals surface area contributed by atoms with Gasteiger partial charge in [-0.1, -0.05) is 35.9 Å². The van der Waals surface area contributed by atoms with Crippen LogP contribution in [-0.4, -0.2) is 20.7 Å². The van der Waals surface area contributed by atoms with Crippen LogP contribution in [0.3, 0.4) is 0 Å². The summed E-state index contributed by atoms with van der Waals surface area (Å²) in [7, 11) is 1.76. The number of aromatic nitrogens is 3. The molecule has 2 aromatic carbocycles. The van der Waals surface area contributed by atoms with Gasteiger partial charge < -0.3 is 5.32 Å². The van der Waals surface area contributed by atoms with Gasteiger partial charge >= 0.3 is 0 Å². The van der Waals surface area contributed by atoms with E-state index in [9.17, 15) is 4.79 Å². The number of thiazole rings is 1. The molecule has 0 fully saturated rings. The lowest BCUT2D eigenvalue weighted by Crippen LogP contribution is -2.08. The highest BCUT2D eigenvalue weighted by molar-refractivity contribution is 7.21. The summed E-state index contributed by atoms with van der Waals surface area (Å²) < 4.78 is 2.69. The van der Waals surface area contributed by atoms with Gasteiger partial charge in [0, 0.05) is 24.3 Å². The molecule has 140 valence electrons. The predicted molar refractivity (Wildman–Crippen MR) is 116 cm³/mol. The molecule has 0 aliphatic carbocycles. The van der Waals surface area contributed by atoms with E-state index in [4.69, 9.17) is 16.6 Å². The Balaban J connectivity index is 1.60. The topological polar surface area (TPSA) is 59.8 Å². The van der Waals surface area contributed by atoms with Crippen LogP contribution in [0.2, 0.25) is 5.15 Å². The van der Waals surface area contributed by atoms with Crippen molar-refractivity contribution in [3.05, 3.63) is 71.0 Å². The second-order valence-corrected chi connectivity index (χ2v) is 7.66. The minimum atomic E-state index is -0.243. The highest BCUT2D eigenvalue weighted by Crippen LogP contribution is 2.34. The first-order valence-electron chi connectivity index (χ1n) is 8.66. The molecule has 2 heterocycles. The maximum absolute atomic E-state index is 12.5. The zero-order valence-corrected chi connectivity index (χ0v) is 16.9. The first-order valence-corrected chi connectivity index (χ1v) is 9.85. The summed E-state index contributed by atoms with van der Waals surface area (Å²) in [6, 6.07) is 15.6. The van der Waals surface area contributed by atoms with E-state index in [1.807, 2.05) is 55.5 Å². The number of fused-ring (bicyclic) bond motifs is 1. The Morgan fingerprint density at radius 3 is 2.68 bits per heavy atom. The molecule has 4 aromatic rings. The van der Waals surface area contributed by atoms with E-state index < -0.39 is 0 Å². The minimum absolute atomic E-state index is 0.243. The molecule has 0 atom stereocenters. The van der Waals surface area contributed by atoms with Gasteiger partial charge in [0.05, 0.1) is 21.6 Å². The number of halogens is 1. The number of amides is 1. The first kappa shape index (κ1) is 18.4. The van der Waals surface area contributed by atoms with E-state index in [1.54, 1.807) is 29.1 Å². The molecule has 0 aliphatic rings. The molecular formula is C21H17ClN4OS. The lowest BCUT2D eigenvalue weighted by Gasteiger charge is -2.07. The van der Waals surface area contributed by atoms with Crippen molar-refractivity contribution in [3.63, 3.8) is 0 Å². The van der Waals surface area contributed by atoms with Crippen molar-refractivity contribution < 1.29 is 4.79 Å². The van der Waals surface area contributed by atoms with E-state index >= 15 is 0 Å². The van der Waals surface area contributed by atoms with Crippen molar-refractivity contribution in [3.8, 4) is 10.6 Å². The fourth-order valence-corrected chi connectivity index (χ4v) is 4.18. The van der Waals surface area contributed by atoms with Crippen LogP contribution in [0.25, 0.3) is 26.9 Å². The highest BCUT2D eigenvalue weighted by atomic mass is 35.5. The fourth-order valence-electron chi connectivity index (χ4n) is 2.94. The summed E-state index contributed by atoms with van der Waals surface area (Å²) in [6.45, 7) is 1.85. The zero-order valence-electron chi connectivity index (χ0n) is 15.3. The van der Waals surface area contributed by atoms with Crippen LogP contribution in [0, 0.1) is 6.92 Å². The van der Waals surface area contributed by atoms with Crippen molar-refractivity contribution >= 4 is 50.8 Å². The number of nitrogens with zero attached hydrogens (tertiary/aromatic N) is 3. The number of rotatable bonds is 4. The first-order chi connectivity index (χ1) is 13.5. The maximum Gasteiger partial charge on any atom is 0.248 e. The maximum atomic E-state index is 12.5. The lowest BCUT2D eigenvalue weighted by molar-refractivity contribution is -0.111. The molecule has 1 amide bonds. The van der Waals surface area contributed by atoms with Gasteiger partial charge in [-0.25, -0.2) is 4.98 Å². The van der Waals surface area contributed by atoms with E-state index in [0.717, 1.165) is 32.0 Å². The van der Waals surface area contributed by atoms with Crippen LogP contribution >= 0.6 is 22.9 Å². The van der Waals surface area contributed by atoms with E-state index in [0.29, 0.717) is 10.8 Å². The van der Waals surface area contributed by atoms with Crippen molar-refractivity contribution in [1.29, 1.82) is 0 Å². The Morgan fingerprint density at radius 2 is 1.93 bits per heavy atom. The molecule has 0 radical (unpaired) electrons. The number of benzene rings is 2. The zero-order chi connectivity index (χ0) is 19.7. The number of carbonyl (C=O) groups excluding carboxylic acids is 1. The third kappa shape index (κ3) is 3.56. The molecule has 1 N–H and O–H groups in total. The smallest absolute Gasteiger partial charge is 0.248 e. The van der Waals surface area contributed by atoms with Crippen LogP contribution in [0.4, 0.5) is 5.69 Å². The number of nitrogens with one attached hydrogen (secondary N) is 1. The quantitative estimate of drug-likeness (QED) is 0.465. The second kappa shape index (κ2) is 7.58. The predicted octanol–water partition coefficient (Wildman–Crippen LogP) is 5.31. The molecule has 2 aromatic heterocycles. The van der Waals surface area contributed by atoms with Crippen molar-refractivity contribution in [1.82, 2.24) is 14.8 Å². The number of para-hydroxylation sites is 2. The van der Waals surface area contributed by atoms with Crippen LogP contribution < -0.4 is 5.32 Å². The molecule has 5 nitrogen and oxygen atoms in total. The van der Waals surface area contributed by atoms with Gasteiger partial charge in [-0.15, -0.1) is 11.3 Å². The Kier molecular flexibility index (Phi) is 4.98. The Morgan fingerprint density at radius 1 is 1.18 bits per heavy atom. The number of anilines is 1. The largest absolute Gasteiger partial charge is 0.322 e. The van der Waals surface area contributed by atoms with Crippen molar-refractivity contribution in [2.24, 2.45) is 7.05 Å². The van der Waals surface area contributed by atoms with Crippen LogP contribution in [0.15, 0.2) is 54.6 Å². The summed E-state index contributed by atoms with van der Waals surface area (Å²) in [6.07, 6.45) is 3.14. The Hall–Kier alpha value is -2.96. The van der Waals surface area contributed by atoms with Gasteiger partial charge in [0.2, 0.25) is 5.91 Å². The average molecular weight is 409 g/mol. The molecule has 4 rings (SSSR count). The lowest BCUT2D eigenvalue weighted by atomic mass is 10.2. The third-order valence-electron chi connectivity index (χ3n) is 4.31.